The van der Waals surface area contributed by atoms with Crippen molar-refractivity contribution in [2.24, 2.45) is 5.73 Å². The third-order valence-corrected chi connectivity index (χ3v) is 4.15. The van der Waals surface area contributed by atoms with Crippen molar-refractivity contribution in [2.75, 3.05) is 6.54 Å². The van der Waals surface area contributed by atoms with Crippen LogP contribution in [0.2, 0.25) is 0 Å². The molecule has 6 heteroatoms. The van der Waals surface area contributed by atoms with Crippen molar-refractivity contribution < 1.29 is 14.0 Å². The lowest BCUT2D eigenvalue weighted by molar-refractivity contribution is -0.119. The minimum absolute atomic E-state index is 0.0339. The Morgan fingerprint density at radius 2 is 2.00 bits per heavy atom. The van der Waals surface area contributed by atoms with Crippen LogP contribution in [0.1, 0.15) is 36.0 Å². The van der Waals surface area contributed by atoms with E-state index in [1.165, 1.54) is 17.0 Å². The van der Waals surface area contributed by atoms with Gasteiger partial charge in [0.05, 0.1) is 16.6 Å². The molecule has 1 aliphatic carbocycles. The summed E-state index contributed by atoms with van der Waals surface area (Å²) in [6.45, 7) is -0.171. The van der Waals surface area contributed by atoms with Gasteiger partial charge in [-0.3, -0.25) is 9.59 Å². The van der Waals surface area contributed by atoms with Crippen LogP contribution in [0, 0.1) is 5.82 Å². The molecule has 1 saturated carbocycles. The van der Waals surface area contributed by atoms with E-state index in [0.29, 0.717) is 0 Å². The Morgan fingerprint density at radius 3 is 2.60 bits per heavy atom. The molecule has 0 spiro atoms. The highest BCUT2D eigenvalue weighted by atomic mass is 79.9. The van der Waals surface area contributed by atoms with Crippen molar-refractivity contribution in [3.05, 3.63) is 34.1 Å². The predicted molar refractivity (Wildman–Crippen MR) is 76.6 cm³/mol. The molecule has 0 unspecified atom stereocenters. The van der Waals surface area contributed by atoms with Crippen LogP contribution in [0.15, 0.2) is 22.7 Å². The highest BCUT2D eigenvalue weighted by Crippen LogP contribution is 2.26. The van der Waals surface area contributed by atoms with Crippen LogP contribution in [0.5, 0.6) is 0 Å². The van der Waals surface area contributed by atoms with E-state index in [4.69, 9.17) is 5.73 Å². The maximum atomic E-state index is 14.0. The standard InChI is InChI=1S/C14H16BrFN2O2/c15-11-7-3-6-10(13(11)16)14(20)18(8-12(17)19)9-4-1-2-5-9/h3,6-7,9H,1-2,4-5,8H2,(H2,17,19). The summed E-state index contributed by atoms with van der Waals surface area (Å²) in [6, 6.07) is 4.51. The summed E-state index contributed by atoms with van der Waals surface area (Å²) in [4.78, 5) is 25.1. The third kappa shape index (κ3) is 3.17. The van der Waals surface area contributed by atoms with Gasteiger partial charge < -0.3 is 10.6 Å². The highest BCUT2D eigenvalue weighted by Gasteiger charge is 2.30. The largest absolute Gasteiger partial charge is 0.368 e. The van der Waals surface area contributed by atoms with Gasteiger partial charge in [-0.1, -0.05) is 18.9 Å². The maximum absolute atomic E-state index is 14.0. The fraction of sp³-hybridized carbons (Fsp3) is 0.429. The van der Waals surface area contributed by atoms with E-state index in [0.717, 1.165) is 25.7 Å². The average Bonchev–Trinajstić information content (AvgIpc) is 2.92. The first kappa shape index (κ1) is 15.0. The number of hydrogen-bond donors (Lipinski definition) is 1. The lowest BCUT2D eigenvalue weighted by atomic mass is 10.1. The molecule has 108 valence electrons. The van der Waals surface area contributed by atoms with E-state index in [2.05, 4.69) is 15.9 Å². The fourth-order valence-corrected chi connectivity index (χ4v) is 2.94. The van der Waals surface area contributed by atoms with Gasteiger partial charge in [-0.25, -0.2) is 4.39 Å². The van der Waals surface area contributed by atoms with Crippen LogP contribution in [0.3, 0.4) is 0 Å². The van der Waals surface area contributed by atoms with Crippen molar-refractivity contribution in [3.8, 4) is 0 Å². The Balaban J connectivity index is 2.29. The smallest absolute Gasteiger partial charge is 0.257 e. The number of rotatable bonds is 4. The maximum Gasteiger partial charge on any atom is 0.257 e. The Morgan fingerprint density at radius 1 is 1.35 bits per heavy atom. The molecule has 0 heterocycles. The van der Waals surface area contributed by atoms with Crippen LogP contribution in [0.25, 0.3) is 0 Å². The van der Waals surface area contributed by atoms with Crippen molar-refractivity contribution in [1.82, 2.24) is 4.90 Å². The average molecular weight is 343 g/mol. The number of carbonyl (C=O) groups excluding carboxylic acids is 2. The molecule has 0 radical (unpaired) electrons. The van der Waals surface area contributed by atoms with E-state index in [9.17, 15) is 14.0 Å². The van der Waals surface area contributed by atoms with Gasteiger partial charge >= 0.3 is 0 Å². The lowest BCUT2D eigenvalue weighted by Gasteiger charge is -2.28. The van der Waals surface area contributed by atoms with Crippen LogP contribution >= 0.6 is 15.9 Å². The van der Waals surface area contributed by atoms with Crippen molar-refractivity contribution in [2.45, 2.75) is 31.7 Å². The summed E-state index contributed by atoms with van der Waals surface area (Å²) < 4.78 is 14.3. The SMILES string of the molecule is NC(=O)CN(C(=O)c1cccc(Br)c1F)C1CCCC1. The van der Waals surface area contributed by atoms with E-state index in [1.807, 2.05) is 0 Å². The zero-order chi connectivity index (χ0) is 14.7. The second-order valence-electron chi connectivity index (χ2n) is 4.94. The van der Waals surface area contributed by atoms with Gasteiger partial charge in [0, 0.05) is 6.04 Å². The van der Waals surface area contributed by atoms with E-state index < -0.39 is 17.6 Å². The minimum atomic E-state index is -0.607. The molecule has 1 aromatic carbocycles. The molecule has 0 aliphatic heterocycles. The van der Waals surface area contributed by atoms with E-state index in [1.54, 1.807) is 6.07 Å². The normalized spacial score (nSPS) is 15.3. The monoisotopic (exact) mass is 342 g/mol. The number of amides is 2. The second kappa shape index (κ2) is 6.35. The number of nitrogens with two attached hydrogens (primary N) is 1. The van der Waals surface area contributed by atoms with Gasteiger partial charge in [-0.15, -0.1) is 0 Å². The Bertz CT molecular complexity index is 530. The van der Waals surface area contributed by atoms with Gasteiger partial charge in [0.1, 0.15) is 5.82 Å². The molecule has 2 amide bonds. The van der Waals surface area contributed by atoms with Gasteiger partial charge in [0.25, 0.3) is 5.91 Å². The van der Waals surface area contributed by atoms with Crippen molar-refractivity contribution >= 4 is 27.7 Å². The molecule has 0 bridgehead atoms. The first-order chi connectivity index (χ1) is 9.50. The van der Waals surface area contributed by atoms with Gasteiger partial charge in [0.15, 0.2) is 0 Å². The van der Waals surface area contributed by atoms with Crippen molar-refractivity contribution in [3.63, 3.8) is 0 Å². The first-order valence-corrected chi connectivity index (χ1v) is 7.33. The fourth-order valence-electron chi connectivity index (χ4n) is 2.57. The van der Waals surface area contributed by atoms with Crippen LogP contribution in [-0.2, 0) is 4.79 Å². The molecule has 0 saturated heterocycles. The number of nitrogens with zero attached hydrogens (tertiary/aromatic N) is 1. The van der Waals surface area contributed by atoms with Gasteiger partial charge in [-0.05, 0) is 40.9 Å². The molecular formula is C14H16BrFN2O2. The van der Waals surface area contributed by atoms with Crippen molar-refractivity contribution in [1.29, 1.82) is 0 Å². The highest BCUT2D eigenvalue weighted by molar-refractivity contribution is 9.10. The molecule has 4 nitrogen and oxygen atoms in total. The zero-order valence-electron chi connectivity index (χ0n) is 10.9. The molecule has 2 rings (SSSR count). The van der Waals surface area contributed by atoms with Crippen LogP contribution in [-0.4, -0.2) is 29.3 Å². The van der Waals surface area contributed by atoms with Crippen LogP contribution in [0.4, 0.5) is 4.39 Å². The Labute approximate surface area is 125 Å². The number of halogens is 2. The topological polar surface area (TPSA) is 63.4 Å². The van der Waals surface area contributed by atoms with Gasteiger partial charge in [-0.2, -0.15) is 0 Å². The Kier molecular flexibility index (Phi) is 4.75. The quantitative estimate of drug-likeness (QED) is 0.913. The molecule has 1 fully saturated rings. The molecule has 0 aromatic heterocycles. The molecule has 1 aliphatic rings. The number of carbonyl (C=O) groups is 2. The summed E-state index contributed by atoms with van der Waals surface area (Å²) in [5, 5.41) is 0. The molecular weight excluding hydrogens is 327 g/mol. The number of primary amides is 1. The summed E-state index contributed by atoms with van der Waals surface area (Å²) in [5.41, 5.74) is 5.17. The predicted octanol–water partition coefficient (Wildman–Crippen LogP) is 2.46. The summed E-state index contributed by atoms with van der Waals surface area (Å²) in [5.74, 6) is -1.67. The Hall–Kier alpha value is -1.43. The summed E-state index contributed by atoms with van der Waals surface area (Å²) >= 11 is 3.06. The second-order valence-corrected chi connectivity index (χ2v) is 5.79. The van der Waals surface area contributed by atoms with E-state index in [-0.39, 0.29) is 22.6 Å². The minimum Gasteiger partial charge on any atom is -0.368 e. The lowest BCUT2D eigenvalue weighted by Crippen LogP contribution is -2.44. The molecule has 0 atom stereocenters. The molecule has 1 aromatic rings. The first-order valence-electron chi connectivity index (χ1n) is 6.54. The third-order valence-electron chi connectivity index (χ3n) is 3.53. The number of benzene rings is 1. The van der Waals surface area contributed by atoms with Crippen LogP contribution < -0.4 is 5.73 Å². The molecule has 20 heavy (non-hydrogen) atoms. The zero-order valence-corrected chi connectivity index (χ0v) is 12.5. The summed E-state index contributed by atoms with van der Waals surface area (Å²) in [7, 11) is 0. The number of hydrogen-bond acceptors (Lipinski definition) is 2. The molecule has 2 N–H and O–H groups in total. The summed E-state index contributed by atoms with van der Waals surface area (Å²) in [6.07, 6.45) is 3.67. The van der Waals surface area contributed by atoms with E-state index >= 15 is 0 Å². The van der Waals surface area contributed by atoms with Gasteiger partial charge in [0.2, 0.25) is 5.91 Å².